The van der Waals surface area contributed by atoms with Gasteiger partial charge in [0.2, 0.25) is 0 Å². The quantitative estimate of drug-likeness (QED) is 0.837. The van der Waals surface area contributed by atoms with E-state index in [-0.39, 0.29) is 12.0 Å². The molecule has 0 aromatic heterocycles. The first kappa shape index (κ1) is 11.9. The molecule has 0 saturated heterocycles. The van der Waals surface area contributed by atoms with Gasteiger partial charge in [0.1, 0.15) is 0 Å². The summed E-state index contributed by atoms with van der Waals surface area (Å²) in [6.07, 6.45) is 3.24. The summed E-state index contributed by atoms with van der Waals surface area (Å²) in [6.45, 7) is 4.52. The van der Waals surface area contributed by atoms with Gasteiger partial charge >= 0.3 is 0 Å². The number of hydrogen-bond donors (Lipinski definition) is 1. The summed E-state index contributed by atoms with van der Waals surface area (Å²) in [5.41, 5.74) is 2.68. The van der Waals surface area contributed by atoms with Crippen LogP contribution in [0.5, 0.6) is 0 Å². The molecule has 16 heavy (non-hydrogen) atoms. The molecule has 0 radical (unpaired) electrons. The Balaban J connectivity index is 2.27. The smallest absolute Gasteiger partial charge is 0.0484 e. The molecule has 0 amide bonds. The van der Waals surface area contributed by atoms with E-state index in [0.29, 0.717) is 5.92 Å². The summed E-state index contributed by atoms with van der Waals surface area (Å²) in [7, 11) is 0. The van der Waals surface area contributed by atoms with Crippen molar-refractivity contribution in [3.63, 3.8) is 0 Å². The minimum atomic E-state index is -0.00311. The summed E-state index contributed by atoms with van der Waals surface area (Å²) in [5.74, 6) is 0.532. The maximum Gasteiger partial charge on any atom is 0.0484 e. The van der Waals surface area contributed by atoms with Gasteiger partial charge in [-0.2, -0.15) is 0 Å². The highest BCUT2D eigenvalue weighted by molar-refractivity contribution is 6.31. The van der Waals surface area contributed by atoms with Crippen LogP contribution in [-0.4, -0.2) is 11.7 Å². The average Bonchev–Trinajstić information content (AvgIpc) is 2.29. The molecule has 1 N–H and O–H groups in total. The fourth-order valence-corrected chi connectivity index (χ4v) is 2.81. The van der Waals surface area contributed by atoms with Crippen LogP contribution in [-0.2, 0) is 12.8 Å². The second-order valence-corrected chi connectivity index (χ2v) is 5.87. The minimum Gasteiger partial charge on any atom is -0.396 e. The number of halogens is 1. The summed E-state index contributed by atoms with van der Waals surface area (Å²) in [4.78, 5) is 0. The number of fused-ring (bicyclic) bond motifs is 1. The van der Waals surface area contributed by atoms with Gasteiger partial charge in [-0.3, -0.25) is 0 Å². The van der Waals surface area contributed by atoms with Crippen molar-refractivity contribution in [3.05, 3.63) is 34.3 Å². The van der Waals surface area contributed by atoms with Gasteiger partial charge in [0.15, 0.2) is 0 Å². The molecule has 0 aliphatic heterocycles. The summed E-state index contributed by atoms with van der Waals surface area (Å²) < 4.78 is 0. The summed E-state index contributed by atoms with van der Waals surface area (Å²) in [6, 6.07) is 6.16. The molecule has 2 rings (SSSR count). The lowest BCUT2D eigenvalue weighted by atomic mass is 9.70. The Morgan fingerprint density at radius 3 is 2.88 bits per heavy atom. The van der Waals surface area contributed by atoms with Crippen LogP contribution in [0.4, 0.5) is 0 Å². The Bertz CT molecular complexity index is 384. The van der Waals surface area contributed by atoms with Gasteiger partial charge in [0, 0.05) is 11.6 Å². The summed E-state index contributed by atoms with van der Waals surface area (Å²) >= 11 is 6.24. The Kier molecular flexibility index (Phi) is 3.27. The van der Waals surface area contributed by atoms with Crippen molar-refractivity contribution in [1.29, 1.82) is 0 Å². The van der Waals surface area contributed by atoms with E-state index in [2.05, 4.69) is 19.9 Å². The van der Waals surface area contributed by atoms with Crippen LogP contribution >= 0.6 is 11.6 Å². The topological polar surface area (TPSA) is 20.2 Å². The maximum absolute atomic E-state index is 9.43. The zero-order valence-electron chi connectivity index (χ0n) is 9.96. The molecule has 88 valence electrons. The van der Waals surface area contributed by atoms with E-state index in [9.17, 15) is 5.11 Å². The SMILES string of the molecule is CC(C)(CO)C1CCc2cccc(Cl)c2C1. The minimum absolute atomic E-state index is 0.00311. The zero-order chi connectivity index (χ0) is 11.8. The van der Waals surface area contributed by atoms with E-state index >= 15 is 0 Å². The van der Waals surface area contributed by atoms with Gasteiger partial charge in [-0.25, -0.2) is 0 Å². The average molecular weight is 239 g/mol. The van der Waals surface area contributed by atoms with E-state index in [0.717, 1.165) is 24.3 Å². The molecule has 1 aliphatic rings. The third kappa shape index (κ3) is 2.11. The van der Waals surface area contributed by atoms with E-state index in [1.807, 2.05) is 12.1 Å². The van der Waals surface area contributed by atoms with Crippen LogP contribution in [0.15, 0.2) is 18.2 Å². The number of aliphatic hydroxyl groups excluding tert-OH is 1. The number of aliphatic hydroxyl groups is 1. The predicted molar refractivity (Wildman–Crippen MR) is 67.8 cm³/mol. The predicted octanol–water partition coefficient (Wildman–Crippen LogP) is 3.46. The summed E-state index contributed by atoms with van der Waals surface area (Å²) in [5, 5.41) is 10.3. The molecule has 1 aromatic carbocycles. The molecule has 1 unspecified atom stereocenters. The van der Waals surface area contributed by atoms with Gasteiger partial charge < -0.3 is 5.11 Å². The van der Waals surface area contributed by atoms with Crippen LogP contribution in [0.2, 0.25) is 5.02 Å². The third-order valence-corrected chi connectivity index (χ3v) is 4.30. The number of benzene rings is 1. The van der Waals surface area contributed by atoms with Gasteiger partial charge in [0.05, 0.1) is 0 Å². The van der Waals surface area contributed by atoms with Crippen molar-refractivity contribution in [1.82, 2.24) is 0 Å². The lowest BCUT2D eigenvalue weighted by molar-refractivity contribution is 0.0875. The van der Waals surface area contributed by atoms with Gasteiger partial charge in [-0.05, 0) is 47.8 Å². The lowest BCUT2D eigenvalue weighted by Gasteiger charge is -2.36. The first-order chi connectivity index (χ1) is 7.54. The fourth-order valence-electron chi connectivity index (χ4n) is 2.54. The number of aryl methyl sites for hydroxylation is 1. The molecule has 1 aromatic rings. The molecule has 0 bridgehead atoms. The first-order valence-electron chi connectivity index (χ1n) is 5.92. The van der Waals surface area contributed by atoms with Crippen LogP contribution in [0, 0.1) is 11.3 Å². The van der Waals surface area contributed by atoms with E-state index in [4.69, 9.17) is 11.6 Å². The van der Waals surface area contributed by atoms with Gasteiger partial charge in [-0.1, -0.05) is 37.6 Å². The largest absolute Gasteiger partial charge is 0.396 e. The Labute approximate surface area is 102 Å². The van der Waals surface area contributed by atoms with Crippen molar-refractivity contribution >= 4 is 11.6 Å². The standard InChI is InChI=1S/C14H19ClO/c1-14(2,9-16)11-7-6-10-4-3-5-13(15)12(10)8-11/h3-5,11,16H,6-9H2,1-2H3. The molecule has 1 atom stereocenters. The highest BCUT2D eigenvalue weighted by Crippen LogP contribution is 2.39. The molecule has 1 aliphatic carbocycles. The molecule has 0 heterocycles. The van der Waals surface area contributed by atoms with Crippen LogP contribution < -0.4 is 0 Å². The van der Waals surface area contributed by atoms with Crippen LogP contribution in [0.25, 0.3) is 0 Å². The maximum atomic E-state index is 9.43. The van der Waals surface area contributed by atoms with Crippen LogP contribution in [0.1, 0.15) is 31.4 Å². The Morgan fingerprint density at radius 2 is 2.19 bits per heavy atom. The zero-order valence-corrected chi connectivity index (χ0v) is 10.7. The fraction of sp³-hybridized carbons (Fsp3) is 0.571. The molecule has 1 nitrogen and oxygen atoms in total. The molecular formula is C14H19ClO. The lowest BCUT2D eigenvalue weighted by Crippen LogP contribution is -2.32. The number of hydrogen-bond acceptors (Lipinski definition) is 1. The monoisotopic (exact) mass is 238 g/mol. The Hall–Kier alpha value is -0.530. The molecule has 2 heteroatoms. The van der Waals surface area contributed by atoms with Crippen LogP contribution in [0.3, 0.4) is 0 Å². The van der Waals surface area contributed by atoms with E-state index < -0.39 is 0 Å². The van der Waals surface area contributed by atoms with Crippen molar-refractivity contribution in [2.24, 2.45) is 11.3 Å². The van der Waals surface area contributed by atoms with E-state index in [1.165, 1.54) is 11.1 Å². The van der Waals surface area contributed by atoms with E-state index in [1.54, 1.807) is 0 Å². The Morgan fingerprint density at radius 1 is 1.44 bits per heavy atom. The molecular weight excluding hydrogens is 220 g/mol. The third-order valence-electron chi connectivity index (χ3n) is 3.94. The van der Waals surface area contributed by atoms with Crippen molar-refractivity contribution in [2.75, 3.05) is 6.61 Å². The van der Waals surface area contributed by atoms with Crippen molar-refractivity contribution in [2.45, 2.75) is 33.1 Å². The second-order valence-electron chi connectivity index (χ2n) is 5.46. The van der Waals surface area contributed by atoms with Crippen molar-refractivity contribution in [3.8, 4) is 0 Å². The molecule has 0 saturated carbocycles. The van der Waals surface area contributed by atoms with Gasteiger partial charge in [0.25, 0.3) is 0 Å². The first-order valence-corrected chi connectivity index (χ1v) is 6.29. The highest BCUT2D eigenvalue weighted by Gasteiger charge is 2.32. The van der Waals surface area contributed by atoms with Gasteiger partial charge in [-0.15, -0.1) is 0 Å². The normalized spacial score (nSPS) is 20.6. The molecule has 0 spiro atoms. The second kappa shape index (κ2) is 4.38. The highest BCUT2D eigenvalue weighted by atomic mass is 35.5. The molecule has 0 fully saturated rings. The number of rotatable bonds is 2. The van der Waals surface area contributed by atoms with Crippen molar-refractivity contribution < 1.29 is 5.11 Å².